The Labute approximate surface area is 191 Å². The lowest BCUT2D eigenvalue weighted by atomic mass is 9.97. The molecule has 5 heteroatoms. The van der Waals surface area contributed by atoms with Crippen LogP contribution in [0.3, 0.4) is 0 Å². The summed E-state index contributed by atoms with van der Waals surface area (Å²) in [4.78, 5) is 13.4. The summed E-state index contributed by atoms with van der Waals surface area (Å²) in [5.41, 5.74) is 1.86. The number of carbonyl (C=O) groups is 1. The lowest BCUT2D eigenvalue weighted by Crippen LogP contribution is -2.41. The van der Waals surface area contributed by atoms with Crippen LogP contribution in [0.15, 0.2) is 48.5 Å². The zero-order valence-corrected chi connectivity index (χ0v) is 19.2. The van der Waals surface area contributed by atoms with E-state index in [1.165, 1.54) is 12.8 Å². The Morgan fingerprint density at radius 3 is 2.47 bits per heavy atom. The third-order valence-electron chi connectivity index (χ3n) is 6.10. The molecule has 2 aromatic rings. The van der Waals surface area contributed by atoms with Crippen LogP contribution < -0.4 is 9.47 Å². The van der Waals surface area contributed by atoms with Gasteiger partial charge in [0.15, 0.2) is 11.5 Å². The maximum atomic E-state index is 11.8. The first kappa shape index (κ1) is 23.7. The first-order valence-electron chi connectivity index (χ1n) is 11.3. The van der Waals surface area contributed by atoms with Gasteiger partial charge in [0, 0.05) is 12.1 Å². The Morgan fingerprint density at radius 1 is 1.12 bits per heavy atom. The molecule has 0 heterocycles. The van der Waals surface area contributed by atoms with Crippen molar-refractivity contribution in [2.24, 2.45) is 0 Å². The molecule has 32 heavy (non-hydrogen) atoms. The first-order valence-corrected chi connectivity index (χ1v) is 11.3. The predicted molar refractivity (Wildman–Crippen MR) is 126 cm³/mol. The molecule has 5 nitrogen and oxygen atoms in total. The summed E-state index contributed by atoms with van der Waals surface area (Å²) >= 11 is 0. The van der Waals surface area contributed by atoms with Crippen molar-refractivity contribution in [1.29, 1.82) is 0 Å². The van der Waals surface area contributed by atoms with Gasteiger partial charge in [-0.05, 0) is 69.4 Å². The molecule has 1 amide bonds. The number of nitrogens with zero attached hydrogens (tertiary/aromatic N) is 1. The van der Waals surface area contributed by atoms with Crippen molar-refractivity contribution >= 4 is 6.41 Å². The molecule has 0 spiro atoms. The van der Waals surface area contributed by atoms with Crippen molar-refractivity contribution in [3.8, 4) is 23.3 Å². The van der Waals surface area contributed by atoms with Crippen molar-refractivity contribution in [3.05, 3.63) is 59.7 Å². The highest BCUT2D eigenvalue weighted by molar-refractivity contribution is 5.50. The molecular weight excluding hydrogens is 402 g/mol. The van der Waals surface area contributed by atoms with Crippen LogP contribution in [0.5, 0.6) is 11.5 Å². The number of ether oxygens (including phenoxy) is 2. The van der Waals surface area contributed by atoms with E-state index in [9.17, 15) is 9.90 Å². The van der Waals surface area contributed by atoms with E-state index in [4.69, 9.17) is 9.47 Å². The number of amides is 1. The largest absolute Gasteiger partial charge is 0.493 e. The summed E-state index contributed by atoms with van der Waals surface area (Å²) in [5.74, 6) is 7.73. The Hall–Kier alpha value is -2.97. The molecule has 1 fully saturated rings. The Balaban J connectivity index is 1.94. The summed E-state index contributed by atoms with van der Waals surface area (Å²) in [5, 5.41) is 10.0. The van der Waals surface area contributed by atoms with Crippen molar-refractivity contribution < 1.29 is 19.4 Å². The van der Waals surface area contributed by atoms with E-state index in [2.05, 4.69) is 11.8 Å². The molecule has 0 saturated heterocycles. The first-order chi connectivity index (χ1) is 15.5. The van der Waals surface area contributed by atoms with Gasteiger partial charge in [-0.1, -0.05) is 36.1 Å². The average molecular weight is 436 g/mol. The van der Waals surface area contributed by atoms with E-state index in [-0.39, 0.29) is 18.1 Å². The van der Waals surface area contributed by atoms with Gasteiger partial charge in [-0.15, -0.1) is 0 Å². The van der Waals surface area contributed by atoms with Crippen molar-refractivity contribution in [2.75, 3.05) is 13.7 Å². The average Bonchev–Trinajstić information content (AvgIpc) is 3.32. The number of carbonyl (C=O) groups excluding carboxylic acids is 1. The van der Waals surface area contributed by atoms with Gasteiger partial charge in [0.1, 0.15) is 0 Å². The summed E-state index contributed by atoms with van der Waals surface area (Å²) in [6.07, 6.45) is 4.82. The molecule has 1 saturated carbocycles. The zero-order chi connectivity index (χ0) is 22.9. The van der Waals surface area contributed by atoms with Gasteiger partial charge in [-0.2, -0.15) is 0 Å². The molecule has 0 aliphatic heterocycles. The van der Waals surface area contributed by atoms with E-state index in [1.807, 2.05) is 55.5 Å². The van der Waals surface area contributed by atoms with Gasteiger partial charge >= 0.3 is 0 Å². The quantitative estimate of drug-likeness (QED) is 0.469. The van der Waals surface area contributed by atoms with E-state index in [0.717, 1.165) is 30.4 Å². The molecule has 1 N–H and O–H groups in total. The molecule has 1 aliphatic carbocycles. The lowest BCUT2D eigenvalue weighted by molar-refractivity contribution is -0.122. The summed E-state index contributed by atoms with van der Waals surface area (Å²) in [6, 6.07) is 15.3. The number of aliphatic hydroxyl groups is 1. The number of benzene rings is 2. The van der Waals surface area contributed by atoms with Crippen LogP contribution in [0.1, 0.15) is 56.6 Å². The third kappa shape index (κ3) is 6.27. The summed E-state index contributed by atoms with van der Waals surface area (Å²) in [6.45, 7) is 3.89. The van der Waals surface area contributed by atoms with Crippen molar-refractivity contribution in [2.45, 2.75) is 63.7 Å². The Bertz CT molecular complexity index is 926. The zero-order valence-electron chi connectivity index (χ0n) is 19.2. The summed E-state index contributed by atoms with van der Waals surface area (Å²) in [7, 11) is 1.64. The molecule has 1 aliphatic rings. The van der Waals surface area contributed by atoms with Gasteiger partial charge < -0.3 is 19.5 Å². The van der Waals surface area contributed by atoms with E-state index >= 15 is 0 Å². The van der Waals surface area contributed by atoms with Crippen molar-refractivity contribution in [1.82, 2.24) is 4.90 Å². The van der Waals surface area contributed by atoms with Gasteiger partial charge in [-0.3, -0.25) is 4.79 Å². The van der Waals surface area contributed by atoms with E-state index in [0.29, 0.717) is 18.0 Å². The van der Waals surface area contributed by atoms with Crippen LogP contribution in [0, 0.1) is 11.8 Å². The molecule has 3 unspecified atom stereocenters. The minimum atomic E-state index is -0.639. The molecule has 3 atom stereocenters. The highest BCUT2D eigenvalue weighted by atomic mass is 16.5. The Morgan fingerprint density at radius 2 is 1.84 bits per heavy atom. The molecule has 3 rings (SSSR count). The third-order valence-corrected chi connectivity index (χ3v) is 6.10. The monoisotopic (exact) mass is 435 g/mol. The second-order valence-corrected chi connectivity index (χ2v) is 8.41. The second-order valence-electron chi connectivity index (χ2n) is 8.41. The van der Waals surface area contributed by atoms with E-state index in [1.54, 1.807) is 18.9 Å². The highest BCUT2D eigenvalue weighted by Gasteiger charge is 2.23. The molecule has 2 aromatic carbocycles. The normalized spacial score (nSPS) is 16.4. The molecule has 0 bridgehead atoms. The maximum absolute atomic E-state index is 11.8. The fourth-order valence-electron chi connectivity index (χ4n) is 3.91. The van der Waals surface area contributed by atoms with Crippen LogP contribution in [-0.2, 0) is 4.79 Å². The minimum Gasteiger partial charge on any atom is -0.493 e. The minimum absolute atomic E-state index is 0.203. The second kappa shape index (κ2) is 11.6. The molecule has 0 aromatic heterocycles. The highest BCUT2D eigenvalue weighted by Crippen LogP contribution is 2.34. The van der Waals surface area contributed by atoms with Gasteiger partial charge in [0.2, 0.25) is 6.41 Å². The fourth-order valence-corrected chi connectivity index (χ4v) is 3.91. The van der Waals surface area contributed by atoms with Crippen molar-refractivity contribution in [3.63, 3.8) is 0 Å². The summed E-state index contributed by atoms with van der Waals surface area (Å²) < 4.78 is 11.8. The van der Waals surface area contributed by atoms with Gasteiger partial charge in [0.25, 0.3) is 0 Å². The van der Waals surface area contributed by atoms with E-state index < -0.39 is 6.10 Å². The smallest absolute Gasteiger partial charge is 0.210 e. The van der Waals surface area contributed by atoms with Crippen LogP contribution in [0.4, 0.5) is 0 Å². The number of aliphatic hydroxyl groups excluding tert-OH is 1. The molecular formula is C27H33NO4. The number of methoxy groups -OCH3 is 1. The van der Waals surface area contributed by atoms with Crippen LogP contribution in [0.2, 0.25) is 0 Å². The van der Waals surface area contributed by atoms with Gasteiger partial charge in [-0.25, -0.2) is 0 Å². The van der Waals surface area contributed by atoms with Crippen LogP contribution in [-0.4, -0.2) is 48.3 Å². The Kier molecular flexibility index (Phi) is 8.58. The molecule has 0 radical (unpaired) electrons. The fraction of sp³-hybridized carbons (Fsp3) is 0.444. The topological polar surface area (TPSA) is 59.0 Å². The number of hydrogen-bond donors (Lipinski definition) is 1. The van der Waals surface area contributed by atoms with Crippen LogP contribution in [0.25, 0.3) is 0 Å². The van der Waals surface area contributed by atoms with Crippen LogP contribution >= 0.6 is 0 Å². The number of hydrogen-bond acceptors (Lipinski definition) is 4. The molecule has 170 valence electrons. The SMILES string of the molecule is COc1ccc(C(C#Cc2ccccc2)CN(C=O)C(C)C(C)O)cc1OC1CCCC1. The predicted octanol–water partition coefficient (Wildman–Crippen LogP) is 4.38. The standard InChI is InChI=1S/C27H33NO4/c1-20(21(2)30)28(19-29)18-24(14-13-22-9-5-4-6-10-22)23-15-16-26(31-3)27(17-23)32-25-11-7-8-12-25/h4-6,9-10,15-17,19-21,24-25,30H,7-8,11-12,18H2,1-3H3. The number of rotatable bonds is 9. The van der Waals surface area contributed by atoms with Gasteiger partial charge in [0.05, 0.1) is 31.3 Å². The lowest BCUT2D eigenvalue weighted by Gasteiger charge is -2.29. The maximum Gasteiger partial charge on any atom is 0.210 e.